The Morgan fingerprint density at radius 3 is 2.83 bits per heavy atom. The van der Waals surface area contributed by atoms with E-state index in [1.54, 1.807) is 4.88 Å². The Morgan fingerprint density at radius 2 is 2.07 bits per heavy atom. The van der Waals surface area contributed by atoms with E-state index in [9.17, 15) is 0 Å². The van der Waals surface area contributed by atoms with Crippen molar-refractivity contribution in [1.82, 2.24) is 15.2 Å². The Kier molecular flexibility index (Phi) is 8.40. The maximum Gasteiger partial charge on any atom is 0.193 e. The molecule has 1 N–H and O–H groups in total. The topological polar surface area (TPSA) is 59.0 Å². The standard InChI is InChI=1S/C23H38N4O2S/c1-24-23(25-13-6-10-22-26-20-8-2-3-9-21(20)30-22)27-14-11-18(12-15-27)29-17-19-7-4-5-16-28-19/h18-19H,2-17H2,1H3,(H,24,25). The third-order valence-corrected chi connectivity index (χ3v) is 7.70. The molecule has 0 spiro atoms. The average molecular weight is 435 g/mol. The van der Waals surface area contributed by atoms with E-state index in [2.05, 4.69) is 15.2 Å². The number of piperidine rings is 1. The summed E-state index contributed by atoms with van der Waals surface area (Å²) in [6.45, 7) is 4.63. The number of aromatic nitrogens is 1. The summed E-state index contributed by atoms with van der Waals surface area (Å²) in [7, 11) is 1.89. The van der Waals surface area contributed by atoms with Gasteiger partial charge in [0, 0.05) is 44.6 Å². The van der Waals surface area contributed by atoms with Crippen LogP contribution in [0.15, 0.2) is 4.99 Å². The normalized spacial score (nSPS) is 23.4. The minimum absolute atomic E-state index is 0.314. The first-order valence-electron chi connectivity index (χ1n) is 12.0. The van der Waals surface area contributed by atoms with Gasteiger partial charge in [-0.05, 0) is 64.2 Å². The summed E-state index contributed by atoms with van der Waals surface area (Å²) in [4.78, 5) is 13.3. The SMILES string of the molecule is CN=C(NCCCc1nc2c(s1)CCCC2)N1CCC(OCC2CCCCO2)CC1. The fourth-order valence-electron chi connectivity index (χ4n) is 4.70. The number of hydrogen-bond donors (Lipinski definition) is 1. The molecule has 0 bridgehead atoms. The molecule has 1 aromatic heterocycles. The molecule has 1 aromatic rings. The molecule has 4 rings (SSSR count). The lowest BCUT2D eigenvalue weighted by molar-refractivity contribution is -0.0721. The number of ether oxygens (including phenoxy) is 2. The summed E-state index contributed by atoms with van der Waals surface area (Å²) in [5.74, 6) is 1.03. The van der Waals surface area contributed by atoms with Gasteiger partial charge in [0.1, 0.15) is 0 Å². The Balaban J connectivity index is 1.12. The molecule has 168 valence electrons. The van der Waals surface area contributed by atoms with Gasteiger partial charge in [-0.3, -0.25) is 4.99 Å². The van der Waals surface area contributed by atoms with Crippen LogP contribution in [0.25, 0.3) is 0 Å². The smallest absolute Gasteiger partial charge is 0.193 e. The van der Waals surface area contributed by atoms with Crippen LogP contribution < -0.4 is 5.32 Å². The second-order valence-corrected chi connectivity index (χ2v) is 9.94. The molecule has 1 unspecified atom stereocenters. The molecule has 3 heterocycles. The molecule has 1 aliphatic carbocycles. The Morgan fingerprint density at radius 1 is 1.20 bits per heavy atom. The van der Waals surface area contributed by atoms with Crippen LogP contribution in [0.3, 0.4) is 0 Å². The van der Waals surface area contributed by atoms with Crippen molar-refractivity contribution in [3.63, 3.8) is 0 Å². The number of nitrogens with zero attached hydrogens (tertiary/aromatic N) is 3. The molecular weight excluding hydrogens is 396 g/mol. The molecule has 0 saturated carbocycles. The largest absolute Gasteiger partial charge is 0.376 e. The maximum absolute atomic E-state index is 6.15. The number of hydrogen-bond acceptors (Lipinski definition) is 5. The van der Waals surface area contributed by atoms with Gasteiger partial charge in [0.15, 0.2) is 5.96 Å². The van der Waals surface area contributed by atoms with E-state index in [-0.39, 0.29) is 0 Å². The van der Waals surface area contributed by atoms with Crippen molar-refractivity contribution < 1.29 is 9.47 Å². The molecule has 2 saturated heterocycles. The van der Waals surface area contributed by atoms with Gasteiger partial charge in [-0.2, -0.15) is 0 Å². The molecule has 0 radical (unpaired) electrons. The highest BCUT2D eigenvalue weighted by atomic mass is 32.1. The van der Waals surface area contributed by atoms with Crippen LogP contribution in [0.1, 0.15) is 66.9 Å². The van der Waals surface area contributed by atoms with Crippen molar-refractivity contribution in [3.8, 4) is 0 Å². The van der Waals surface area contributed by atoms with E-state index in [0.717, 1.165) is 70.9 Å². The van der Waals surface area contributed by atoms with Gasteiger partial charge in [-0.15, -0.1) is 11.3 Å². The Bertz CT molecular complexity index is 655. The molecule has 0 amide bonds. The summed E-state index contributed by atoms with van der Waals surface area (Å²) in [6.07, 6.45) is 13.7. The van der Waals surface area contributed by atoms with Crippen LogP contribution in [0.4, 0.5) is 0 Å². The van der Waals surface area contributed by atoms with Gasteiger partial charge in [0.2, 0.25) is 0 Å². The lowest BCUT2D eigenvalue weighted by Crippen LogP contribution is -2.47. The van der Waals surface area contributed by atoms with Crippen LogP contribution in [0.2, 0.25) is 0 Å². The van der Waals surface area contributed by atoms with E-state index >= 15 is 0 Å². The van der Waals surface area contributed by atoms with Crippen molar-refractivity contribution in [2.24, 2.45) is 4.99 Å². The quantitative estimate of drug-likeness (QED) is 0.404. The van der Waals surface area contributed by atoms with Gasteiger partial charge in [-0.1, -0.05) is 0 Å². The van der Waals surface area contributed by atoms with Gasteiger partial charge < -0.3 is 19.7 Å². The number of thiazole rings is 1. The van der Waals surface area contributed by atoms with E-state index in [1.165, 1.54) is 49.2 Å². The highest BCUT2D eigenvalue weighted by Crippen LogP contribution is 2.27. The molecular formula is C23H38N4O2S. The van der Waals surface area contributed by atoms with Gasteiger partial charge in [0.25, 0.3) is 0 Å². The minimum atomic E-state index is 0.314. The van der Waals surface area contributed by atoms with E-state index in [1.807, 2.05) is 18.4 Å². The molecule has 3 aliphatic rings. The number of guanidine groups is 1. The van der Waals surface area contributed by atoms with E-state index in [0.29, 0.717) is 12.2 Å². The Labute approximate surface area is 185 Å². The van der Waals surface area contributed by atoms with Crippen LogP contribution >= 0.6 is 11.3 Å². The number of aryl methyl sites for hydroxylation is 3. The minimum Gasteiger partial charge on any atom is -0.376 e. The van der Waals surface area contributed by atoms with Gasteiger partial charge >= 0.3 is 0 Å². The van der Waals surface area contributed by atoms with Crippen molar-refractivity contribution in [2.75, 3.05) is 39.9 Å². The molecule has 2 aliphatic heterocycles. The number of nitrogens with one attached hydrogen (secondary N) is 1. The second kappa shape index (κ2) is 11.4. The van der Waals surface area contributed by atoms with E-state index in [4.69, 9.17) is 14.5 Å². The number of aliphatic imine (C=N–C) groups is 1. The zero-order chi connectivity index (χ0) is 20.6. The highest BCUT2D eigenvalue weighted by molar-refractivity contribution is 7.11. The second-order valence-electron chi connectivity index (χ2n) is 8.77. The highest BCUT2D eigenvalue weighted by Gasteiger charge is 2.23. The van der Waals surface area contributed by atoms with Crippen LogP contribution in [0.5, 0.6) is 0 Å². The van der Waals surface area contributed by atoms with Crippen molar-refractivity contribution in [2.45, 2.75) is 82.8 Å². The first kappa shape index (κ1) is 22.0. The fourth-order valence-corrected chi connectivity index (χ4v) is 5.90. The lowest BCUT2D eigenvalue weighted by Gasteiger charge is -2.35. The molecule has 30 heavy (non-hydrogen) atoms. The average Bonchev–Trinajstić information content (AvgIpc) is 3.22. The van der Waals surface area contributed by atoms with E-state index < -0.39 is 0 Å². The molecule has 7 heteroatoms. The van der Waals surface area contributed by atoms with Crippen LogP contribution in [0, 0.1) is 0 Å². The maximum atomic E-state index is 6.15. The third kappa shape index (κ3) is 6.17. The fraction of sp³-hybridized carbons (Fsp3) is 0.826. The predicted molar refractivity (Wildman–Crippen MR) is 123 cm³/mol. The van der Waals surface area contributed by atoms with Crippen molar-refractivity contribution in [1.29, 1.82) is 0 Å². The first-order valence-corrected chi connectivity index (χ1v) is 12.8. The summed E-state index contributed by atoms with van der Waals surface area (Å²) < 4.78 is 11.9. The summed E-state index contributed by atoms with van der Waals surface area (Å²) in [5, 5.41) is 4.88. The van der Waals surface area contributed by atoms with Crippen LogP contribution in [-0.2, 0) is 28.7 Å². The number of likely N-dealkylation sites (tertiary alicyclic amines) is 1. The molecule has 6 nitrogen and oxygen atoms in total. The van der Waals surface area contributed by atoms with Gasteiger partial charge in [-0.25, -0.2) is 4.98 Å². The third-order valence-electron chi connectivity index (χ3n) is 6.49. The number of fused-ring (bicyclic) bond motifs is 1. The molecule has 2 fully saturated rings. The molecule has 0 aromatic carbocycles. The van der Waals surface area contributed by atoms with Crippen molar-refractivity contribution >= 4 is 17.3 Å². The lowest BCUT2D eigenvalue weighted by atomic mass is 10.0. The zero-order valence-corrected chi connectivity index (χ0v) is 19.4. The van der Waals surface area contributed by atoms with Crippen molar-refractivity contribution in [3.05, 3.63) is 15.6 Å². The van der Waals surface area contributed by atoms with Gasteiger partial charge in [0.05, 0.1) is 29.5 Å². The summed E-state index contributed by atoms with van der Waals surface area (Å²) >= 11 is 1.94. The summed E-state index contributed by atoms with van der Waals surface area (Å²) in [5.41, 5.74) is 1.38. The zero-order valence-electron chi connectivity index (χ0n) is 18.5. The molecule has 1 atom stereocenters. The monoisotopic (exact) mass is 434 g/mol. The first-order chi connectivity index (χ1) is 14.8. The summed E-state index contributed by atoms with van der Waals surface area (Å²) in [6, 6.07) is 0. The number of rotatable bonds is 7. The Hall–Kier alpha value is -1.18. The predicted octanol–water partition coefficient (Wildman–Crippen LogP) is 3.58. The van der Waals surface area contributed by atoms with Crippen LogP contribution in [-0.4, -0.2) is 67.9 Å².